The number of benzene rings is 3. The van der Waals surface area contributed by atoms with Crippen molar-refractivity contribution in [2.45, 2.75) is 83.3 Å². The second-order valence-corrected chi connectivity index (χ2v) is 13.1. The highest BCUT2D eigenvalue weighted by Gasteiger charge is 2.33. The SMILES string of the molecule is CCOc1ccc(N(CC(=O)N(Cc2cccc(C)c2)C(C)C(=O)NC2CCCCC2)S(=O)(=O)c2ccc(C)cc2)cc1. The minimum atomic E-state index is -4.13. The summed E-state index contributed by atoms with van der Waals surface area (Å²) in [7, 11) is -4.13. The Kier molecular flexibility index (Phi) is 10.9. The van der Waals surface area contributed by atoms with Gasteiger partial charge in [-0.2, -0.15) is 0 Å². The lowest BCUT2D eigenvalue weighted by molar-refractivity contribution is -0.139. The number of aryl methyl sites for hydroxylation is 2. The van der Waals surface area contributed by atoms with Crippen LogP contribution in [0.4, 0.5) is 5.69 Å². The van der Waals surface area contributed by atoms with Crippen molar-refractivity contribution >= 4 is 27.5 Å². The van der Waals surface area contributed by atoms with Crippen LogP contribution in [0.1, 0.15) is 62.6 Å². The Bertz CT molecular complexity index is 1480. The number of sulfonamides is 1. The van der Waals surface area contributed by atoms with E-state index < -0.39 is 28.5 Å². The summed E-state index contributed by atoms with van der Waals surface area (Å²) in [6, 6.07) is 20.2. The lowest BCUT2D eigenvalue weighted by atomic mass is 9.95. The second-order valence-electron chi connectivity index (χ2n) is 11.3. The average Bonchev–Trinajstić information content (AvgIpc) is 2.99. The van der Waals surface area contributed by atoms with Crippen molar-refractivity contribution in [1.29, 1.82) is 0 Å². The first-order chi connectivity index (χ1) is 20.6. The molecule has 1 aliphatic rings. The molecule has 9 heteroatoms. The van der Waals surface area contributed by atoms with Crippen LogP contribution < -0.4 is 14.4 Å². The van der Waals surface area contributed by atoms with E-state index in [9.17, 15) is 18.0 Å². The maximum atomic E-state index is 14.2. The Morgan fingerprint density at radius 2 is 1.60 bits per heavy atom. The van der Waals surface area contributed by atoms with Crippen molar-refractivity contribution in [3.8, 4) is 5.75 Å². The smallest absolute Gasteiger partial charge is 0.264 e. The van der Waals surface area contributed by atoms with Crippen LogP contribution in [0.5, 0.6) is 5.75 Å². The molecule has 1 fully saturated rings. The predicted octanol–water partition coefficient (Wildman–Crippen LogP) is 5.76. The zero-order chi connectivity index (χ0) is 31.0. The van der Waals surface area contributed by atoms with Gasteiger partial charge in [-0.15, -0.1) is 0 Å². The third-order valence-corrected chi connectivity index (χ3v) is 9.67. The van der Waals surface area contributed by atoms with Gasteiger partial charge in [-0.1, -0.05) is 66.8 Å². The van der Waals surface area contributed by atoms with Gasteiger partial charge >= 0.3 is 0 Å². The number of nitrogens with zero attached hydrogens (tertiary/aromatic N) is 2. The molecule has 1 unspecified atom stereocenters. The minimum absolute atomic E-state index is 0.0770. The van der Waals surface area contributed by atoms with Gasteiger partial charge in [0.15, 0.2) is 0 Å². The molecule has 230 valence electrons. The molecule has 3 aromatic rings. The highest BCUT2D eigenvalue weighted by Crippen LogP contribution is 2.27. The Morgan fingerprint density at radius 3 is 2.23 bits per heavy atom. The van der Waals surface area contributed by atoms with E-state index >= 15 is 0 Å². The number of amides is 2. The molecule has 2 amide bonds. The van der Waals surface area contributed by atoms with Gasteiger partial charge in [-0.3, -0.25) is 13.9 Å². The zero-order valence-electron chi connectivity index (χ0n) is 25.6. The van der Waals surface area contributed by atoms with Gasteiger partial charge in [0.05, 0.1) is 17.2 Å². The van der Waals surface area contributed by atoms with Crippen molar-refractivity contribution in [3.05, 3.63) is 89.5 Å². The van der Waals surface area contributed by atoms with Crippen LogP contribution in [0.3, 0.4) is 0 Å². The van der Waals surface area contributed by atoms with E-state index in [2.05, 4.69) is 5.32 Å². The summed E-state index contributed by atoms with van der Waals surface area (Å²) in [6.07, 6.45) is 5.14. The molecule has 1 atom stereocenters. The highest BCUT2D eigenvalue weighted by molar-refractivity contribution is 7.92. The van der Waals surface area contributed by atoms with Crippen LogP contribution in [-0.4, -0.2) is 50.4 Å². The third-order valence-electron chi connectivity index (χ3n) is 7.88. The topological polar surface area (TPSA) is 96.0 Å². The molecular formula is C34H43N3O5S. The van der Waals surface area contributed by atoms with Crippen LogP contribution in [0.25, 0.3) is 0 Å². The number of anilines is 1. The summed E-state index contributed by atoms with van der Waals surface area (Å²) >= 11 is 0. The minimum Gasteiger partial charge on any atom is -0.494 e. The fourth-order valence-corrected chi connectivity index (χ4v) is 6.81. The number of carbonyl (C=O) groups is 2. The summed E-state index contributed by atoms with van der Waals surface area (Å²) in [4.78, 5) is 29.2. The molecule has 0 spiro atoms. The van der Waals surface area contributed by atoms with Gasteiger partial charge < -0.3 is 15.0 Å². The predicted molar refractivity (Wildman–Crippen MR) is 170 cm³/mol. The maximum absolute atomic E-state index is 14.2. The number of hydrogen-bond acceptors (Lipinski definition) is 5. The molecule has 1 aliphatic carbocycles. The average molecular weight is 606 g/mol. The monoisotopic (exact) mass is 605 g/mol. The Labute approximate surface area is 256 Å². The summed E-state index contributed by atoms with van der Waals surface area (Å²) in [6.45, 7) is 7.59. The number of nitrogens with one attached hydrogen (secondary N) is 1. The molecule has 8 nitrogen and oxygen atoms in total. The lowest BCUT2D eigenvalue weighted by Crippen LogP contribution is -2.53. The fraction of sp³-hybridized carbons (Fsp3) is 0.412. The molecule has 1 saturated carbocycles. The van der Waals surface area contributed by atoms with Crippen LogP contribution in [0, 0.1) is 13.8 Å². The van der Waals surface area contributed by atoms with Gasteiger partial charge in [-0.25, -0.2) is 8.42 Å². The molecule has 0 aromatic heterocycles. The van der Waals surface area contributed by atoms with Crippen molar-refractivity contribution in [2.24, 2.45) is 0 Å². The van der Waals surface area contributed by atoms with Crippen molar-refractivity contribution in [1.82, 2.24) is 10.2 Å². The van der Waals surface area contributed by atoms with Crippen molar-refractivity contribution in [3.63, 3.8) is 0 Å². The number of rotatable bonds is 12. The number of carbonyl (C=O) groups excluding carboxylic acids is 2. The summed E-state index contributed by atoms with van der Waals surface area (Å²) in [5.74, 6) is -0.112. The van der Waals surface area contributed by atoms with Gasteiger partial charge in [0.1, 0.15) is 18.3 Å². The summed E-state index contributed by atoms with van der Waals surface area (Å²) < 4.78 is 34.7. The maximum Gasteiger partial charge on any atom is 0.264 e. The molecule has 43 heavy (non-hydrogen) atoms. The Hall–Kier alpha value is -3.85. The van der Waals surface area contributed by atoms with E-state index in [1.807, 2.05) is 45.0 Å². The quantitative estimate of drug-likeness (QED) is 0.283. The Balaban J connectivity index is 1.68. The molecular weight excluding hydrogens is 562 g/mol. The summed E-state index contributed by atoms with van der Waals surface area (Å²) in [5, 5.41) is 3.14. The van der Waals surface area contributed by atoms with Gasteiger partial charge in [-0.05, 0) is 82.5 Å². The number of ether oxygens (including phenoxy) is 1. The van der Waals surface area contributed by atoms with E-state index in [0.29, 0.717) is 18.0 Å². The highest BCUT2D eigenvalue weighted by atomic mass is 32.2. The van der Waals surface area contributed by atoms with E-state index in [1.54, 1.807) is 55.5 Å². The second kappa shape index (κ2) is 14.6. The first-order valence-corrected chi connectivity index (χ1v) is 16.5. The van der Waals surface area contributed by atoms with Crippen LogP contribution in [0.2, 0.25) is 0 Å². The van der Waals surface area contributed by atoms with E-state index in [4.69, 9.17) is 4.74 Å². The molecule has 0 bridgehead atoms. The first-order valence-electron chi connectivity index (χ1n) is 15.1. The Morgan fingerprint density at radius 1 is 0.930 bits per heavy atom. The van der Waals surface area contributed by atoms with E-state index in [1.165, 1.54) is 4.90 Å². The molecule has 0 heterocycles. The molecule has 3 aromatic carbocycles. The van der Waals surface area contributed by atoms with Gasteiger partial charge in [0, 0.05) is 12.6 Å². The lowest BCUT2D eigenvalue weighted by Gasteiger charge is -2.33. The first kappa shape index (κ1) is 32.1. The van der Waals surface area contributed by atoms with Gasteiger partial charge in [0.2, 0.25) is 11.8 Å². The van der Waals surface area contributed by atoms with Crippen molar-refractivity contribution < 1.29 is 22.7 Å². The third kappa shape index (κ3) is 8.38. The largest absolute Gasteiger partial charge is 0.494 e. The molecule has 1 N–H and O–H groups in total. The van der Waals surface area contributed by atoms with E-state index in [0.717, 1.165) is 53.1 Å². The molecule has 4 rings (SSSR count). The van der Waals surface area contributed by atoms with Crippen LogP contribution in [-0.2, 0) is 26.2 Å². The van der Waals surface area contributed by atoms with Crippen molar-refractivity contribution in [2.75, 3.05) is 17.5 Å². The van der Waals surface area contributed by atoms with Crippen LogP contribution >= 0.6 is 0 Å². The zero-order valence-corrected chi connectivity index (χ0v) is 26.4. The molecule has 0 radical (unpaired) electrons. The standard InChI is InChI=1S/C34H43N3O5S/c1-5-42-31-18-16-30(17-19-31)37(43(40,41)32-20-14-25(2)15-21-32)24-33(38)36(23-28-11-9-10-26(3)22-28)27(4)34(39)35-29-12-7-6-8-13-29/h9-11,14-22,27,29H,5-8,12-13,23-24H2,1-4H3,(H,35,39). The number of hydrogen-bond donors (Lipinski definition) is 1. The van der Waals surface area contributed by atoms with E-state index in [-0.39, 0.29) is 23.4 Å². The van der Waals surface area contributed by atoms with Gasteiger partial charge in [0.25, 0.3) is 10.0 Å². The summed E-state index contributed by atoms with van der Waals surface area (Å²) in [5.41, 5.74) is 3.14. The fourth-order valence-electron chi connectivity index (χ4n) is 5.40. The molecule has 0 aliphatic heterocycles. The van der Waals surface area contributed by atoms with Crippen LogP contribution in [0.15, 0.2) is 77.7 Å². The molecule has 0 saturated heterocycles. The normalized spacial score (nSPS) is 14.5.